The van der Waals surface area contributed by atoms with Gasteiger partial charge in [0.25, 0.3) is 0 Å². The van der Waals surface area contributed by atoms with Gasteiger partial charge < -0.3 is 5.73 Å². The normalized spacial score (nSPS) is 26.5. The minimum Gasteiger partial charge on any atom is -0.326 e. The average Bonchev–Trinajstić information content (AvgIpc) is 2.73. The second-order valence-corrected chi connectivity index (χ2v) is 4.77. The highest BCUT2D eigenvalue weighted by atomic mass is 15.3. The summed E-state index contributed by atoms with van der Waals surface area (Å²) in [5, 5.41) is 4.57. The number of rotatable bonds is 3. The van der Waals surface area contributed by atoms with Crippen molar-refractivity contribution in [3.05, 3.63) is 17.5 Å². The fourth-order valence-electron chi connectivity index (χ4n) is 2.56. The monoisotopic (exact) mass is 222 g/mol. The summed E-state index contributed by atoms with van der Waals surface area (Å²) in [6, 6.07) is 2.72. The van der Waals surface area contributed by atoms with E-state index < -0.39 is 0 Å². The quantitative estimate of drug-likeness (QED) is 0.836. The van der Waals surface area contributed by atoms with Gasteiger partial charge in [0.2, 0.25) is 0 Å². The molecule has 0 aliphatic carbocycles. The van der Waals surface area contributed by atoms with E-state index >= 15 is 0 Å². The van der Waals surface area contributed by atoms with E-state index in [0.717, 1.165) is 25.2 Å². The van der Waals surface area contributed by atoms with E-state index in [0.29, 0.717) is 6.04 Å². The van der Waals surface area contributed by atoms with Gasteiger partial charge in [0.05, 0.1) is 11.7 Å². The first kappa shape index (κ1) is 11.6. The summed E-state index contributed by atoms with van der Waals surface area (Å²) in [7, 11) is 1.99. The molecule has 1 fully saturated rings. The Hall–Kier alpha value is -0.870. The van der Waals surface area contributed by atoms with Crippen molar-refractivity contribution < 1.29 is 0 Å². The predicted molar refractivity (Wildman–Crippen MR) is 65.1 cm³/mol. The van der Waals surface area contributed by atoms with E-state index in [2.05, 4.69) is 29.9 Å². The standard InChI is InChI=1S/C12H22N4/c1-4-6-16-7-5-10(13)12(16)11-8-9(2)15(3)14-11/h8,10,12H,4-7,13H2,1-3H3/t10-,12-/m0/s1. The molecule has 4 nitrogen and oxygen atoms in total. The van der Waals surface area contributed by atoms with Gasteiger partial charge in [-0.1, -0.05) is 6.92 Å². The molecule has 0 bridgehead atoms. The molecular weight excluding hydrogens is 200 g/mol. The molecule has 0 aromatic carbocycles. The molecule has 1 aromatic rings. The fraction of sp³-hybridized carbons (Fsp3) is 0.750. The number of hydrogen-bond acceptors (Lipinski definition) is 3. The molecule has 0 unspecified atom stereocenters. The molecule has 2 atom stereocenters. The maximum Gasteiger partial charge on any atom is 0.0814 e. The van der Waals surface area contributed by atoms with Crippen molar-refractivity contribution in [2.75, 3.05) is 13.1 Å². The zero-order chi connectivity index (χ0) is 11.7. The summed E-state index contributed by atoms with van der Waals surface area (Å²) in [6.45, 7) is 6.52. The first-order valence-electron chi connectivity index (χ1n) is 6.13. The van der Waals surface area contributed by atoms with Gasteiger partial charge in [0.1, 0.15) is 0 Å². The predicted octanol–water partition coefficient (Wildman–Crippen LogP) is 1.21. The van der Waals surface area contributed by atoms with Crippen molar-refractivity contribution in [1.82, 2.24) is 14.7 Å². The average molecular weight is 222 g/mol. The number of hydrogen-bond donors (Lipinski definition) is 1. The summed E-state index contributed by atoms with van der Waals surface area (Å²) < 4.78 is 1.94. The van der Waals surface area contributed by atoms with Crippen LogP contribution in [-0.2, 0) is 7.05 Å². The Morgan fingerprint density at radius 1 is 1.56 bits per heavy atom. The molecule has 1 saturated heterocycles. The van der Waals surface area contributed by atoms with Crippen LogP contribution >= 0.6 is 0 Å². The summed E-state index contributed by atoms with van der Waals surface area (Å²) >= 11 is 0. The van der Waals surface area contributed by atoms with E-state index in [-0.39, 0.29) is 6.04 Å². The van der Waals surface area contributed by atoms with E-state index in [1.165, 1.54) is 12.1 Å². The largest absolute Gasteiger partial charge is 0.326 e. The second-order valence-electron chi connectivity index (χ2n) is 4.77. The van der Waals surface area contributed by atoms with Gasteiger partial charge in [0.15, 0.2) is 0 Å². The lowest BCUT2D eigenvalue weighted by atomic mass is 10.1. The van der Waals surface area contributed by atoms with Crippen LogP contribution in [0, 0.1) is 6.92 Å². The molecule has 2 rings (SSSR count). The van der Waals surface area contributed by atoms with Gasteiger partial charge in [-0.05, 0) is 32.4 Å². The van der Waals surface area contributed by atoms with Gasteiger partial charge in [-0.3, -0.25) is 9.58 Å². The molecule has 0 spiro atoms. The summed E-state index contributed by atoms with van der Waals surface area (Å²) in [4.78, 5) is 2.46. The zero-order valence-corrected chi connectivity index (χ0v) is 10.5. The van der Waals surface area contributed by atoms with Gasteiger partial charge in [-0.25, -0.2) is 0 Å². The fourth-order valence-corrected chi connectivity index (χ4v) is 2.56. The molecule has 2 heterocycles. The molecule has 4 heteroatoms. The molecule has 2 N–H and O–H groups in total. The SMILES string of the molecule is CCCN1CC[C@H](N)[C@H]1c1cc(C)n(C)n1. The van der Waals surface area contributed by atoms with Gasteiger partial charge in [0, 0.05) is 25.3 Å². The molecule has 1 aromatic heterocycles. The topological polar surface area (TPSA) is 47.1 Å². The van der Waals surface area contributed by atoms with Crippen molar-refractivity contribution in [2.45, 2.75) is 38.8 Å². The first-order chi connectivity index (χ1) is 7.63. The summed E-state index contributed by atoms with van der Waals surface area (Å²) in [5.74, 6) is 0. The lowest BCUT2D eigenvalue weighted by Gasteiger charge is -2.24. The molecule has 0 amide bonds. The Bertz CT molecular complexity index is 336. The lowest BCUT2D eigenvalue weighted by Crippen LogP contribution is -2.32. The maximum absolute atomic E-state index is 6.20. The molecule has 1 aliphatic heterocycles. The van der Waals surface area contributed by atoms with E-state index in [1.807, 2.05) is 11.7 Å². The number of nitrogens with two attached hydrogens (primary N) is 1. The minimum atomic E-state index is 0.237. The maximum atomic E-state index is 6.20. The molecule has 1 aliphatic rings. The van der Waals surface area contributed by atoms with E-state index in [9.17, 15) is 0 Å². The van der Waals surface area contributed by atoms with Crippen molar-refractivity contribution in [2.24, 2.45) is 12.8 Å². The van der Waals surface area contributed by atoms with Crippen LogP contribution in [0.3, 0.4) is 0 Å². The van der Waals surface area contributed by atoms with Crippen LogP contribution in [0.2, 0.25) is 0 Å². The lowest BCUT2D eigenvalue weighted by molar-refractivity contribution is 0.243. The number of nitrogens with zero attached hydrogens (tertiary/aromatic N) is 3. The smallest absolute Gasteiger partial charge is 0.0814 e. The van der Waals surface area contributed by atoms with E-state index in [1.54, 1.807) is 0 Å². The second kappa shape index (κ2) is 4.55. The van der Waals surface area contributed by atoms with Crippen molar-refractivity contribution in [1.29, 1.82) is 0 Å². The Morgan fingerprint density at radius 2 is 2.31 bits per heavy atom. The van der Waals surface area contributed by atoms with Crippen LogP contribution in [0.25, 0.3) is 0 Å². The molecule has 0 saturated carbocycles. The third-order valence-corrected chi connectivity index (χ3v) is 3.50. The van der Waals surface area contributed by atoms with Crippen LogP contribution in [0.1, 0.15) is 37.2 Å². The summed E-state index contributed by atoms with van der Waals surface area (Å²) in [6.07, 6.45) is 2.26. The Kier molecular flexibility index (Phi) is 3.30. The van der Waals surface area contributed by atoms with Gasteiger partial charge in [-0.15, -0.1) is 0 Å². The van der Waals surface area contributed by atoms with Crippen molar-refractivity contribution in [3.8, 4) is 0 Å². The van der Waals surface area contributed by atoms with Gasteiger partial charge >= 0.3 is 0 Å². The highest BCUT2D eigenvalue weighted by Crippen LogP contribution is 2.30. The Morgan fingerprint density at radius 3 is 2.88 bits per heavy atom. The van der Waals surface area contributed by atoms with Crippen LogP contribution in [-0.4, -0.2) is 33.8 Å². The third kappa shape index (κ3) is 1.99. The van der Waals surface area contributed by atoms with Crippen LogP contribution in [0.4, 0.5) is 0 Å². The highest BCUT2D eigenvalue weighted by Gasteiger charge is 2.33. The molecule has 0 radical (unpaired) electrons. The van der Waals surface area contributed by atoms with Crippen LogP contribution < -0.4 is 5.73 Å². The molecule has 90 valence electrons. The number of aromatic nitrogens is 2. The zero-order valence-electron chi connectivity index (χ0n) is 10.5. The van der Waals surface area contributed by atoms with Crippen molar-refractivity contribution >= 4 is 0 Å². The first-order valence-corrected chi connectivity index (χ1v) is 6.13. The number of aryl methyl sites for hydroxylation is 2. The van der Waals surface area contributed by atoms with Crippen LogP contribution in [0.5, 0.6) is 0 Å². The van der Waals surface area contributed by atoms with E-state index in [4.69, 9.17) is 5.73 Å². The number of likely N-dealkylation sites (tertiary alicyclic amines) is 1. The van der Waals surface area contributed by atoms with Gasteiger partial charge in [-0.2, -0.15) is 5.10 Å². The third-order valence-electron chi connectivity index (χ3n) is 3.50. The van der Waals surface area contributed by atoms with Crippen LogP contribution in [0.15, 0.2) is 6.07 Å². The highest BCUT2D eigenvalue weighted by molar-refractivity contribution is 5.16. The Labute approximate surface area is 97.4 Å². The molecule has 16 heavy (non-hydrogen) atoms. The Balaban J connectivity index is 2.22. The van der Waals surface area contributed by atoms with Crippen molar-refractivity contribution in [3.63, 3.8) is 0 Å². The minimum absolute atomic E-state index is 0.237. The molecular formula is C12H22N4. The summed E-state index contributed by atoms with van der Waals surface area (Å²) in [5.41, 5.74) is 8.54.